The van der Waals surface area contributed by atoms with E-state index in [4.69, 9.17) is 0 Å². The monoisotopic (exact) mass is 379 g/mol. The summed E-state index contributed by atoms with van der Waals surface area (Å²) in [5, 5.41) is 2.53. The molecule has 0 atom stereocenters. The van der Waals surface area contributed by atoms with E-state index in [2.05, 4.69) is 10.0 Å². The van der Waals surface area contributed by atoms with E-state index in [-0.39, 0.29) is 10.8 Å². The number of sulfonamides is 1. The second kappa shape index (κ2) is 6.37. The highest BCUT2D eigenvalue weighted by Crippen LogP contribution is 2.61. The lowest BCUT2D eigenvalue weighted by molar-refractivity contribution is -0.0561. The lowest BCUT2D eigenvalue weighted by Gasteiger charge is -2.57. The summed E-state index contributed by atoms with van der Waals surface area (Å²) in [5.74, 6) is 2.34. The topological polar surface area (TPSA) is 80.2 Å². The Hall–Kier alpha value is -1.34. The van der Waals surface area contributed by atoms with Crippen LogP contribution in [0, 0.1) is 23.2 Å². The summed E-state index contributed by atoms with van der Waals surface area (Å²) in [5.41, 5.74) is 0.704. The minimum atomic E-state index is -3.59. The molecule has 4 fully saturated rings. The molecule has 0 aliphatic heterocycles. The largest absolute Gasteiger partial charge is 0.354 e. The SMILES string of the molecule is CNC(=O)c1cc(S(=O)(=O)NCCC23CC4CC(CC(C4)C2)C3)cn1C. The molecular formula is C19H29N3O3S. The van der Waals surface area contributed by atoms with Crippen LogP contribution in [0.1, 0.15) is 55.4 Å². The van der Waals surface area contributed by atoms with Gasteiger partial charge in [-0.2, -0.15) is 0 Å². The molecule has 1 heterocycles. The van der Waals surface area contributed by atoms with E-state index in [9.17, 15) is 13.2 Å². The first-order valence-corrected chi connectivity index (χ1v) is 11.2. The van der Waals surface area contributed by atoms with Crippen molar-refractivity contribution in [3.63, 3.8) is 0 Å². The maximum absolute atomic E-state index is 12.6. The molecule has 1 amide bonds. The quantitative estimate of drug-likeness (QED) is 0.796. The molecule has 4 saturated carbocycles. The third-order valence-electron chi connectivity index (χ3n) is 6.86. The third kappa shape index (κ3) is 3.20. The summed E-state index contributed by atoms with van der Waals surface area (Å²) in [7, 11) is -0.374. The lowest BCUT2D eigenvalue weighted by atomic mass is 9.49. The highest BCUT2D eigenvalue weighted by Gasteiger charge is 2.50. The van der Waals surface area contributed by atoms with Crippen LogP contribution < -0.4 is 10.0 Å². The predicted molar refractivity (Wildman–Crippen MR) is 99.2 cm³/mol. The number of aryl methyl sites for hydroxylation is 1. The first-order valence-electron chi connectivity index (χ1n) is 9.68. The fourth-order valence-electron chi connectivity index (χ4n) is 6.17. The van der Waals surface area contributed by atoms with E-state index in [0.29, 0.717) is 17.7 Å². The van der Waals surface area contributed by atoms with Crippen molar-refractivity contribution in [1.82, 2.24) is 14.6 Å². The molecule has 7 heteroatoms. The van der Waals surface area contributed by atoms with Crippen LogP contribution in [0.5, 0.6) is 0 Å². The Morgan fingerprint density at radius 2 is 1.77 bits per heavy atom. The highest BCUT2D eigenvalue weighted by molar-refractivity contribution is 7.89. The molecule has 6 nitrogen and oxygen atoms in total. The Bertz CT molecular complexity index is 777. The molecule has 1 aromatic heterocycles. The van der Waals surface area contributed by atoms with Crippen molar-refractivity contribution in [1.29, 1.82) is 0 Å². The summed E-state index contributed by atoms with van der Waals surface area (Å²) in [6, 6.07) is 1.44. The number of aromatic nitrogens is 1. The van der Waals surface area contributed by atoms with Gasteiger partial charge in [-0.05, 0) is 74.2 Å². The maximum Gasteiger partial charge on any atom is 0.267 e. The normalized spacial score (nSPS) is 32.8. The zero-order chi connectivity index (χ0) is 18.5. The number of hydrogen-bond acceptors (Lipinski definition) is 3. The van der Waals surface area contributed by atoms with Crippen molar-refractivity contribution < 1.29 is 13.2 Å². The number of nitrogens with zero attached hydrogens (tertiary/aromatic N) is 1. The summed E-state index contributed by atoms with van der Waals surface area (Å²) < 4.78 is 29.6. The Morgan fingerprint density at radius 1 is 1.19 bits per heavy atom. The van der Waals surface area contributed by atoms with Gasteiger partial charge < -0.3 is 9.88 Å². The van der Waals surface area contributed by atoms with Gasteiger partial charge in [0.1, 0.15) is 10.6 Å². The molecule has 4 aliphatic carbocycles. The van der Waals surface area contributed by atoms with E-state index in [1.54, 1.807) is 11.6 Å². The lowest BCUT2D eigenvalue weighted by Crippen LogP contribution is -2.47. The van der Waals surface area contributed by atoms with E-state index in [0.717, 1.165) is 24.2 Å². The summed E-state index contributed by atoms with van der Waals surface area (Å²) >= 11 is 0. The Kier molecular flexibility index (Phi) is 4.42. The minimum absolute atomic E-state index is 0.157. The standard InChI is InChI=1S/C19H29N3O3S/c1-20-18(23)17-8-16(12-22(17)2)26(24,25)21-4-3-19-9-13-5-14(10-19)7-15(6-13)11-19/h8,12-15,21H,3-7,9-11H2,1-2H3,(H,20,23). The van der Waals surface area contributed by atoms with Crippen LogP contribution in [0.4, 0.5) is 0 Å². The van der Waals surface area contributed by atoms with Gasteiger partial charge in [0, 0.05) is 26.8 Å². The summed E-state index contributed by atoms with van der Waals surface area (Å²) in [6.45, 7) is 0.485. The molecule has 1 aromatic rings. The van der Waals surface area contributed by atoms with Crippen LogP contribution in [-0.2, 0) is 17.1 Å². The molecule has 4 bridgehead atoms. The van der Waals surface area contributed by atoms with Gasteiger partial charge in [-0.15, -0.1) is 0 Å². The Balaban J connectivity index is 1.41. The van der Waals surface area contributed by atoms with Crippen molar-refractivity contribution in [2.45, 2.75) is 49.8 Å². The number of carbonyl (C=O) groups excluding carboxylic acids is 1. The predicted octanol–water partition coefficient (Wildman–Crippen LogP) is 2.27. The van der Waals surface area contributed by atoms with E-state index >= 15 is 0 Å². The number of rotatable bonds is 6. The van der Waals surface area contributed by atoms with E-state index in [1.807, 2.05) is 0 Å². The van der Waals surface area contributed by atoms with Crippen molar-refractivity contribution in [2.24, 2.45) is 30.2 Å². The average Bonchev–Trinajstić information content (AvgIpc) is 2.95. The molecule has 4 aliphatic rings. The molecule has 0 unspecified atom stereocenters. The smallest absolute Gasteiger partial charge is 0.267 e. The zero-order valence-corrected chi connectivity index (χ0v) is 16.4. The number of amides is 1. The molecule has 0 aromatic carbocycles. The molecule has 5 rings (SSSR count). The van der Waals surface area contributed by atoms with Gasteiger partial charge in [0.25, 0.3) is 5.91 Å². The van der Waals surface area contributed by atoms with Crippen LogP contribution in [0.15, 0.2) is 17.2 Å². The molecular weight excluding hydrogens is 350 g/mol. The van der Waals surface area contributed by atoms with Crippen molar-refractivity contribution >= 4 is 15.9 Å². The minimum Gasteiger partial charge on any atom is -0.354 e. The van der Waals surface area contributed by atoms with Crippen LogP contribution in [0.25, 0.3) is 0 Å². The molecule has 0 spiro atoms. The second-order valence-corrected chi connectivity index (χ2v) is 10.6. The maximum atomic E-state index is 12.6. The molecule has 26 heavy (non-hydrogen) atoms. The second-order valence-electron chi connectivity index (χ2n) is 8.82. The van der Waals surface area contributed by atoms with Crippen LogP contribution >= 0.6 is 0 Å². The van der Waals surface area contributed by atoms with Gasteiger partial charge in [0.2, 0.25) is 10.0 Å². The fourth-order valence-corrected chi connectivity index (χ4v) is 7.27. The number of carbonyl (C=O) groups is 1. The first-order chi connectivity index (χ1) is 12.3. The van der Waals surface area contributed by atoms with E-state index < -0.39 is 10.0 Å². The summed E-state index contributed by atoms with van der Waals surface area (Å²) in [6.07, 6.45) is 10.5. The van der Waals surface area contributed by atoms with Gasteiger partial charge in [0.05, 0.1) is 0 Å². The zero-order valence-electron chi connectivity index (χ0n) is 15.6. The van der Waals surface area contributed by atoms with Gasteiger partial charge in [-0.3, -0.25) is 4.79 Å². The van der Waals surface area contributed by atoms with Gasteiger partial charge in [0.15, 0.2) is 0 Å². The molecule has 144 valence electrons. The fraction of sp³-hybridized carbons (Fsp3) is 0.737. The van der Waals surface area contributed by atoms with Gasteiger partial charge >= 0.3 is 0 Å². The Morgan fingerprint density at radius 3 is 2.31 bits per heavy atom. The van der Waals surface area contributed by atoms with Gasteiger partial charge in [-0.25, -0.2) is 13.1 Å². The molecule has 0 radical (unpaired) electrons. The summed E-state index contributed by atoms with van der Waals surface area (Å²) in [4.78, 5) is 12.0. The molecule has 2 N–H and O–H groups in total. The van der Waals surface area contributed by atoms with Crippen LogP contribution in [-0.4, -0.2) is 32.5 Å². The van der Waals surface area contributed by atoms with Crippen molar-refractivity contribution in [3.8, 4) is 0 Å². The molecule has 0 saturated heterocycles. The third-order valence-corrected chi connectivity index (χ3v) is 8.29. The average molecular weight is 380 g/mol. The highest BCUT2D eigenvalue weighted by atomic mass is 32.2. The van der Waals surface area contributed by atoms with E-state index in [1.165, 1.54) is 57.8 Å². The number of hydrogen-bond donors (Lipinski definition) is 2. The van der Waals surface area contributed by atoms with Crippen molar-refractivity contribution in [3.05, 3.63) is 18.0 Å². The van der Waals surface area contributed by atoms with Crippen LogP contribution in [0.3, 0.4) is 0 Å². The van der Waals surface area contributed by atoms with Crippen LogP contribution in [0.2, 0.25) is 0 Å². The number of nitrogens with one attached hydrogen (secondary N) is 2. The van der Waals surface area contributed by atoms with Crippen molar-refractivity contribution in [2.75, 3.05) is 13.6 Å². The Labute approximate surface area is 155 Å². The first kappa shape index (κ1) is 18.0. The van der Waals surface area contributed by atoms with Gasteiger partial charge in [-0.1, -0.05) is 0 Å².